The van der Waals surface area contributed by atoms with Crippen molar-refractivity contribution >= 4 is 28.2 Å². The third kappa shape index (κ3) is 3.74. The SMILES string of the molecule is CCCCCc1sc(N)nc1-c1ccc(SC)cc1. The fourth-order valence-electron chi connectivity index (χ4n) is 2.05. The quantitative estimate of drug-likeness (QED) is 0.611. The Kier molecular flexibility index (Phi) is 5.28. The summed E-state index contributed by atoms with van der Waals surface area (Å²) in [5, 5.41) is 0.676. The number of unbranched alkanes of at least 4 members (excludes halogenated alkanes) is 2. The second kappa shape index (κ2) is 6.96. The van der Waals surface area contributed by atoms with Gasteiger partial charge in [0.15, 0.2) is 5.13 Å². The van der Waals surface area contributed by atoms with E-state index in [4.69, 9.17) is 5.73 Å². The largest absolute Gasteiger partial charge is 0.375 e. The Morgan fingerprint density at radius 2 is 1.95 bits per heavy atom. The molecule has 0 unspecified atom stereocenters. The zero-order valence-electron chi connectivity index (χ0n) is 11.5. The molecule has 1 heterocycles. The zero-order valence-corrected chi connectivity index (χ0v) is 13.1. The number of nitrogen functional groups attached to an aromatic ring is 1. The first kappa shape index (κ1) is 14.4. The molecule has 2 rings (SSSR count). The van der Waals surface area contributed by atoms with Crippen molar-refractivity contribution in [2.75, 3.05) is 12.0 Å². The maximum atomic E-state index is 5.88. The lowest BCUT2D eigenvalue weighted by molar-refractivity contribution is 0.722. The van der Waals surface area contributed by atoms with E-state index in [-0.39, 0.29) is 0 Å². The number of rotatable bonds is 6. The normalized spacial score (nSPS) is 10.8. The highest BCUT2D eigenvalue weighted by molar-refractivity contribution is 7.98. The van der Waals surface area contributed by atoms with E-state index in [9.17, 15) is 0 Å². The first-order valence-corrected chi connectivity index (χ1v) is 8.68. The predicted molar refractivity (Wildman–Crippen MR) is 87.0 cm³/mol. The van der Waals surface area contributed by atoms with Crippen LogP contribution in [0, 0.1) is 0 Å². The fourth-order valence-corrected chi connectivity index (χ4v) is 3.35. The molecule has 2 nitrogen and oxygen atoms in total. The summed E-state index contributed by atoms with van der Waals surface area (Å²) in [6, 6.07) is 8.57. The molecule has 102 valence electrons. The van der Waals surface area contributed by atoms with Gasteiger partial charge in [-0.1, -0.05) is 31.9 Å². The lowest BCUT2D eigenvalue weighted by atomic mass is 10.1. The number of hydrogen-bond donors (Lipinski definition) is 1. The Bertz CT molecular complexity index is 517. The van der Waals surface area contributed by atoms with Crippen LogP contribution in [0.3, 0.4) is 0 Å². The van der Waals surface area contributed by atoms with Gasteiger partial charge in [-0.2, -0.15) is 0 Å². The van der Waals surface area contributed by atoms with E-state index in [1.54, 1.807) is 23.1 Å². The highest BCUT2D eigenvalue weighted by Gasteiger charge is 2.11. The van der Waals surface area contributed by atoms with Gasteiger partial charge in [-0.3, -0.25) is 0 Å². The molecule has 0 fully saturated rings. The molecule has 0 spiro atoms. The summed E-state index contributed by atoms with van der Waals surface area (Å²) >= 11 is 3.39. The number of thioether (sulfide) groups is 1. The van der Waals surface area contributed by atoms with E-state index in [1.165, 1.54) is 34.6 Å². The number of nitrogens with zero attached hydrogens (tertiary/aromatic N) is 1. The molecule has 0 radical (unpaired) electrons. The van der Waals surface area contributed by atoms with Crippen LogP contribution < -0.4 is 5.73 Å². The Hall–Kier alpha value is -1.00. The zero-order chi connectivity index (χ0) is 13.7. The average Bonchev–Trinajstić information content (AvgIpc) is 2.80. The van der Waals surface area contributed by atoms with Crippen LogP contribution in [0.5, 0.6) is 0 Å². The Morgan fingerprint density at radius 3 is 2.58 bits per heavy atom. The number of nitrogens with two attached hydrogens (primary N) is 1. The molecule has 2 aromatic rings. The molecule has 4 heteroatoms. The van der Waals surface area contributed by atoms with E-state index < -0.39 is 0 Å². The van der Waals surface area contributed by atoms with E-state index in [0.717, 1.165) is 12.1 Å². The number of thiazole rings is 1. The van der Waals surface area contributed by atoms with Crippen molar-refractivity contribution in [3.05, 3.63) is 29.1 Å². The fraction of sp³-hybridized carbons (Fsp3) is 0.400. The third-order valence-electron chi connectivity index (χ3n) is 3.08. The van der Waals surface area contributed by atoms with Crippen LogP contribution in [0.4, 0.5) is 5.13 Å². The number of hydrogen-bond acceptors (Lipinski definition) is 4. The molecule has 0 aliphatic carbocycles. The molecular weight excluding hydrogens is 272 g/mol. The summed E-state index contributed by atoms with van der Waals surface area (Å²) in [6.07, 6.45) is 6.90. The first-order chi connectivity index (χ1) is 9.24. The second-order valence-corrected chi connectivity index (χ2v) is 6.50. The summed E-state index contributed by atoms with van der Waals surface area (Å²) in [5.41, 5.74) is 8.13. The maximum absolute atomic E-state index is 5.88. The van der Waals surface area contributed by atoms with E-state index in [0.29, 0.717) is 5.13 Å². The summed E-state index contributed by atoms with van der Waals surface area (Å²) in [4.78, 5) is 7.10. The molecule has 19 heavy (non-hydrogen) atoms. The van der Waals surface area contributed by atoms with Crippen molar-refractivity contribution in [2.45, 2.75) is 37.5 Å². The van der Waals surface area contributed by atoms with Gasteiger partial charge in [-0.15, -0.1) is 23.1 Å². The van der Waals surface area contributed by atoms with Gasteiger partial charge in [0, 0.05) is 15.3 Å². The topological polar surface area (TPSA) is 38.9 Å². The van der Waals surface area contributed by atoms with Crippen LogP contribution in [0.1, 0.15) is 31.1 Å². The maximum Gasteiger partial charge on any atom is 0.180 e. The Morgan fingerprint density at radius 1 is 1.21 bits per heavy atom. The van der Waals surface area contributed by atoms with Crippen LogP contribution in [0.25, 0.3) is 11.3 Å². The number of anilines is 1. The van der Waals surface area contributed by atoms with Crippen molar-refractivity contribution in [1.29, 1.82) is 0 Å². The lowest BCUT2D eigenvalue weighted by Gasteiger charge is -2.03. The monoisotopic (exact) mass is 292 g/mol. The number of benzene rings is 1. The summed E-state index contributed by atoms with van der Waals surface area (Å²) in [7, 11) is 0. The van der Waals surface area contributed by atoms with Crippen molar-refractivity contribution in [1.82, 2.24) is 4.98 Å². The predicted octanol–water partition coefficient (Wildman–Crippen LogP) is 4.85. The molecule has 0 atom stereocenters. The van der Waals surface area contributed by atoms with Crippen LogP contribution in [0.2, 0.25) is 0 Å². The summed E-state index contributed by atoms with van der Waals surface area (Å²) in [6.45, 7) is 2.23. The molecule has 1 aromatic carbocycles. The van der Waals surface area contributed by atoms with Gasteiger partial charge in [0.25, 0.3) is 0 Å². The van der Waals surface area contributed by atoms with Crippen molar-refractivity contribution in [2.24, 2.45) is 0 Å². The average molecular weight is 292 g/mol. The van der Waals surface area contributed by atoms with Crippen molar-refractivity contribution in [3.63, 3.8) is 0 Å². The summed E-state index contributed by atoms with van der Waals surface area (Å²) < 4.78 is 0. The number of aromatic nitrogens is 1. The van der Waals surface area contributed by atoms with Crippen LogP contribution in [0.15, 0.2) is 29.2 Å². The van der Waals surface area contributed by atoms with Gasteiger partial charge in [-0.05, 0) is 31.2 Å². The first-order valence-electron chi connectivity index (χ1n) is 6.64. The molecule has 0 saturated carbocycles. The molecule has 0 aliphatic rings. The second-order valence-electron chi connectivity index (χ2n) is 4.51. The van der Waals surface area contributed by atoms with E-state index >= 15 is 0 Å². The Labute approximate surface area is 123 Å². The molecule has 0 saturated heterocycles. The van der Waals surface area contributed by atoms with E-state index in [2.05, 4.69) is 42.4 Å². The van der Waals surface area contributed by atoms with Crippen LogP contribution in [-0.4, -0.2) is 11.2 Å². The Balaban J connectivity index is 2.22. The van der Waals surface area contributed by atoms with Gasteiger partial charge >= 0.3 is 0 Å². The molecule has 0 amide bonds. The molecule has 2 N–H and O–H groups in total. The van der Waals surface area contributed by atoms with Gasteiger partial charge in [-0.25, -0.2) is 4.98 Å². The molecule has 0 bridgehead atoms. The van der Waals surface area contributed by atoms with E-state index in [1.807, 2.05) is 0 Å². The summed E-state index contributed by atoms with van der Waals surface area (Å²) in [5.74, 6) is 0. The molecule has 1 aromatic heterocycles. The minimum Gasteiger partial charge on any atom is -0.375 e. The van der Waals surface area contributed by atoms with Crippen LogP contribution in [-0.2, 0) is 6.42 Å². The lowest BCUT2D eigenvalue weighted by Crippen LogP contribution is -1.87. The van der Waals surface area contributed by atoms with Crippen molar-refractivity contribution in [3.8, 4) is 11.3 Å². The minimum atomic E-state index is 0.676. The van der Waals surface area contributed by atoms with Crippen LogP contribution >= 0.6 is 23.1 Å². The van der Waals surface area contributed by atoms with Gasteiger partial charge in [0.05, 0.1) is 5.69 Å². The molecular formula is C15H20N2S2. The molecule has 0 aliphatic heterocycles. The highest BCUT2D eigenvalue weighted by Crippen LogP contribution is 2.32. The van der Waals surface area contributed by atoms with Gasteiger partial charge < -0.3 is 5.73 Å². The highest BCUT2D eigenvalue weighted by atomic mass is 32.2. The van der Waals surface area contributed by atoms with Crippen molar-refractivity contribution < 1.29 is 0 Å². The standard InChI is InChI=1S/C15H20N2S2/c1-3-4-5-6-13-14(17-15(16)19-13)11-7-9-12(18-2)10-8-11/h7-10H,3-6H2,1-2H3,(H2,16,17). The van der Waals surface area contributed by atoms with Gasteiger partial charge in [0.2, 0.25) is 0 Å². The minimum absolute atomic E-state index is 0.676. The third-order valence-corrected chi connectivity index (χ3v) is 4.77. The smallest absolute Gasteiger partial charge is 0.180 e. The number of aryl methyl sites for hydroxylation is 1. The van der Waals surface area contributed by atoms with Gasteiger partial charge in [0.1, 0.15) is 0 Å².